The van der Waals surface area contributed by atoms with Crippen molar-refractivity contribution in [3.05, 3.63) is 11.6 Å². The fourth-order valence-corrected chi connectivity index (χ4v) is 2.78. The van der Waals surface area contributed by atoms with Gasteiger partial charge in [-0.05, 0) is 57.2 Å². The second kappa shape index (κ2) is 5.13. The van der Waals surface area contributed by atoms with Gasteiger partial charge < -0.3 is 10.4 Å². The molecule has 0 unspecified atom stereocenters. The normalized spacial score (nSPS) is 27.7. The van der Waals surface area contributed by atoms with Crippen molar-refractivity contribution >= 4 is 0 Å². The molecule has 2 nitrogen and oxygen atoms in total. The maximum Gasteiger partial charge on any atom is 0.0880 e. The molecule has 1 saturated heterocycles. The monoisotopic (exact) mass is 209 g/mol. The molecule has 0 spiro atoms. The first-order valence-electron chi connectivity index (χ1n) is 6.44. The summed E-state index contributed by atoms with van der Waals surface area (Å²) in [4.78, 5) is 0. The minimum Gasteiger partial charge on any atom is -0.385 e. The van der Waals surface area contributed by atoms with Gasteiger partial charge in [-0.25, -0.2) is 0 Å². The molecule has 15 heavy (non-hydrogen) atoms. The lowest BCUT2D eigenvalue weighted by molar-refractivity contribution is 0.0421. The quantitative estimate of drug-likeness (QED) is 0.650. The van der Waals surface area contributed by atoms with Crippen LogP contribution in [0.4, 0.5) is 0 Å². The molecular weight excluding hydrogens is 186 g/mol. The Hall–Kier alpha value is -0.340. The lowest BCUT2D eigenvalue weighted by Crippen LogP contribution is -2.43. The van der Waals surface area contributed by atoms with Gasteiger partial charge >= 0.3 is 0 Å². The molecule has 0 aromatic heterocycles. The standard InChI is InChI=1S/C13H23NO/c15-13(8-10-14-11-9-13)12-6-4-2-1-3-5-7-12/h6,14-15H,1-5,7-11H2. The van der Waals surface area contributed by atoms with Crippen LogP contribution in [-0.4, -0.2) is 23.8 Å². The summed E-state index contributed by atoms with van der Waals surface area (Å²) in [6.45, 7) is 1.93. The van der Waals surface area contributed by atoms with E-state index in [9.17, 15) is 5.11 Å². The van der Waals surface area contributed by atoms with E-state index in [1.807, 2.05) is 0 Å². The number of allylic oxidation sites excluding steroid dienone is 1. The van der Waals surface area contributed by atoms with Gasteiger partial charge in [0.25, 0.3) is 0 Å². The Labute approximate surface area is 92.8 Å². The van der Waals surface area contributed by atoms with Crippen LogP contribution in [0.3, 0.4) is 0 Å². The topological polar surface area (TPSA) is 32.3 Å². The van der Waals surface area contributed by atoms with Crippen LogP contribution in [0.5, 0.6) is 0 Å². The van der Waals surface area contributed by atoms with Crippen molar-refractivity contribution in [1.29, 1.82) is 0 Å². The van der Waals surface area contributed by atoms with E-state index in [-0.39, 0.29) is 0 Å². The molecule has 2 N–H and O–H groups in total. The first-order chi connectivity index (χ1) is 7.31. The molecule has 86 valence electrons. The van der Waals surface area contributed by atoms with E-state index < -0.39 is 5.60 Å². The van der Waals surface area contributed by atoms with Gasteiger partial charge in [0.05, 0.1) is 5.60 Å². The first-order valence-corrected chi connectivity index (χ1v) is 6.44. The lowest BCUT2D eigenvalue weighted by Gasteiger charge is -2.35. The minimum absolute atomic E-state index is 0.470. The summed E-state index contributed by atoms with van der Waals surface area (Å²) >= 11 is 0. The highest BCUT2D eigenvalue weighted by Crippen LogP contribution is 2.32. The molecule has 1 aliphatic carbocycles. The maximum atomic E-state index is 10.6. The van der Waals surface area contributed by atoms with Crippen LogP contribution in [0, 0.1) is 0 Å². The Morgan fingerprint density at radius 2 is 1.80 bits per heavy atom. The highest BCUT2D eigenvalue weighted by molar-refractivity contribution is 5.18. The van der Waals surface area contributed by atoms with Crippen molar-refractivity contribution < 1.29 is 5.11 Å². The van der Waals surface area contributed by atoms with Crippen LogP contribution in [-0.2, 0) is 0 Å². The smallest absolute Gasteiger partial charge is 0.0880 e. The van der Waals surface area contributed by atoms with E-state index >= 15 is 0 Å². The van der Waals surface area contributed by atoms with Crippen molar-refractivity contribution in [2.24, 2.45) is 0 Å². The molecule has 0 atom stereocenters. The van der Waals surface area contributed by atoms with Gasteiger partial charge in [-0.2, -0.15) is 0 Å². The van der Waals surface area contributed by atoms with Gasteiger partial charge in [-0.1, -0.05) is 18.9 Å². The fraction of sp³-hybridized carbons (Fsp3) is 0.846. The van der Waals surface area contributed by atoms with E-state index in [0.29, 0.717) is 0 Å². The van der Waals surface area contributed by atoms with E-state index in [1.54, 1.807) is 0 Å². The third-order valence-corrected chi connectivity index (χ3v) is 3.82. The summed E-state index contributed by atoms with van der Waals surface area (Å²) in [5, 5.41) is 13.9. The molecular formula is C13H23NO. The zero-order chi connectivity index (χ0) is 10.6. The molecule has 0 saturated carbocycles. The molecule has 2 aliphatic rings. The number of hydrogen-bond donors (Lipinski definition) is 2. The Balaban J connectivity index is 2.04. The molecule has 0 aromatic rings. The van der Waals surface area contributed by atoms with E-state index in [1.165, 1.54) is 37.7 Å². The van der Waals surface area contributed by atoms with Gasteiger partial charge in [0.2, 0.25) is 0 Å². The largest absolute Gasteiger partial charge is 0.385 e. The Bertz CT molecular complexity index is 229. The van der Waals surface area contributed by atoms with Crippen LogP contribution < -0.4 is 5.32 Å². The third kappa shape index (κ3) is 2.82. The molecule has 2 rings (SSSR count). The van der Waals surface area contributed by atoms with Gasteiger partial charge in [0.15, 0.2) is 0 Å². The zero-order valence-electron chi connectivity index (χ0n) is 9.60. The summed E-state index contributed by atoms with van der Waals surface area (Å²) in [6.07, 6.45) is 11.7. The van der Waals surface area contributed by atoms with Gasteiger partial charge in [0, 0.05) is 0 Å². The molecule has 0 radical (unpaired) electrons. The van der Waals surface area contributed by atoms with Crippen molar-refractivity contribution in [2.75, 3.05) is 13.1 Å². The summed E-state index contributed by atoms with van der Waals surface area (Å²) in [7, 11) is 0. The van der Waals surface area contributed by atoms with Gasteiger partial charge in [0.1, 0.15) is 0 Å². The fourth-order valence-electron chi connectivity index (χ4n) is 2.78. The van der Waals surface area contributed by atoms with Crippen LogP contribution in [0.2, 0.25) is 0 Å². The summed E-state index contributed by atoms with van der Waals surface area (Å²) in [6, 6.07) is 0. The van der Waals surface area contributed by atoms with Crippen LogP contribution in [0.15, 0.2) is 11.6 Å². The highest BCUT2D eigenvalue weighted by atomic mass is 16.3. The number of aliphatic hydroxyl groups is 1. The molecule has 0 bridgehead atoms. The number of piperidine rings is 1. The predicted octanol–water partition coefficient (Wildman–Crippen LogP) is 2.38. The average Bonchev–Trinajstić information content (AvgIpc) is 2.17. The third-order valence-electron chi connectivity index (χ3n) is 3.82. The van der Waals surface area contributed by atoms with Crippen molar-refractivity contribution in [3.63, 3.8) is 0 Å². The number of rotatable bonds is 1. The van der Waals surface area contributed by atoms with Crippen molar-refractivity contribution in [1.82, 2.24) is 5.32 Å². The maximum absolute atomic E-state index is 10.6. The van der Waals surface area contributed by atoms with Gasteiger partial charge in [-0.3, -0.25) is 0 Å². The van der Waals surface area contributed by atoms with Crippen LogP contribution in [0.25, 0.3) is 0 Å². The van der Waals surface area contributed by atoms with Crippen LogP contribution >= 0.6 is 0 Å². The number of nitrogens with one attached hydrogen (secondary N) is 1. The molecule has 1 heterocycles. The number of hydrogen-bond acceptors (Lipinski definition) is 2. The highest BCUT2D eigenvalue weighted by Gasteiger charge is 2.32. The summed E-state index contributed by atoms with van der Waals surface area (Å²) in [5.41, 5.74) is 0.867. The Kier molecular flexibility index (Phi) is 3.81. The second-order valence-electron chi connectivity index (χ2n) is 4.96. The lowest BCUT2D eigenvalue weighted by atomic mass is 9.80. The summed E-state index contributed by atoms with van der Waals surface area (Å²) < 4.78 is 0. The van der Waals surface area contributed by atoms with E-state index in [0.717, 1.165) is 32.4 Å². The van der Waals surface area contributed by atoms with Crippen molar-refractivity contribution in [3.8, 4) is 0 Å². The van der Waals surface area contributed by atoms with Crippen LogP contribution in [0.1, 0.15) is 51.4 Å². The summed E-state index contributed by atoms with van der Waals surface area (Å²) in [5.74, 6) is 0. The SMILES string of the molecule is OC1(C2=CCCCCCC2)CCNCC1. The molecule has 1 aliphatic heterocycles. The van der Waals surface area contributed by atoms with Crippen molar-refractivity contribution in [2.45, 2.75) is 57.0 Å². The van der Waals surface area contributed by atoms with E-state index in [4.69, 9.17) is 0 Å². The Morgan fingerprint density at radius 1 is 1.07 bits per heavy atom. The molecule has 1 fully saturated rings. The van der Waals surface area contributed by atoms with E-state index in [2.05, 4.69) is 11.4 Å². The predicted molar refractivity (Wildman–Crippen MR) is 62.8 cm³/mol. The minimum atomic E-state index is -0.470. The first kappa shape index (κ1) is 11.2. The zero-order valence-corrected chi connectivity index (χ0v) is 9.60. The molecule has 0 aromatic carbocycles. The Morgan fingerprint density at radius 3 is 2.60 bits per heavy atom. The van der Waals surface area contributed by atoms with Gasteiger partial charge in [-0.15, -0.1) is 0 Å². The second-order valence-corrected chi connectivity index (χ2v) is 4.96. The molecule has 2 heteroatoms. The average molecular weight is 209 g/mol. The molecule has 0 amide bonds.